The molecule has 2 N–H and O–H groups in total. The van der Waals surface area contributed by atoms with Crippen molar-refractivity contribution in [2.24, 2.45) is 47.9 Å². The zero-order valence-corrected chi connectivity index (χ0v) is 29.5. The van der Waals surface area contributed by atoms with Crippen molar-refractivity contribution in [3.05, 3.63) is 0 Å². The second-order valence-corrected chi connectivity index (χ2v) is 15.7. The molecule has 12 heteroatoms. The number of aliphatic carboxylic acids is 2. The topological polar surface area (TPSA) is 196 Å². The van der Waals surface area contributed by atoms with E-state index in [-0.39, 0.29) is 31.1 Å². The monoisotopic (exact) mass is 616 g/mol. The van der Waals surface area contributed by atoms with Crippen molar-refractivity contribution < 1.29 is 19.8 Å². The molecule has 0 aliphatic carbocycles. The average molecular weight is 617 g/mol. The zero-order chi connectivity index (χ0) is 35.0. The summed E-state index contributed by atoms with van der Waals surface area (Å²) in [7, 11) is 0. The van der Waals surface area contributed by atoms with Gasteiger partial charge in [0.25, 0.3) is 0 Å². The predicted molar refractivity (Wildman–Crippen MR) is 169 cm³/mol. The Bertz CT molecular complexity index is 1140. The molecule has 0 saturated heterocycles. The van der Waals surface area contributed by atoms with E-state index in [2.05, 4.69) is 26.5 Å². The smallest absolute Gasteiger partial charge is 0.314 e. The maximum Gasteiger partial charge on any atom is 0.314 e. The lowest BCUT2D eigenvalue weighted by molar-refractivity contribution is -0.164. The first-order valence-electron chi connectivity index (χ1n) is 15.2. The van der Waals surface area contributed by atoms with Crippen LogP contribution in [0.2, 0.25) is 0 Å². The van der Waals surface area contributed by atoms with Crippen LogP contribution in [0.5, 0.6) is 0 Å². The summed E-state index contributed by atoms with van der Waals surface area (Å²) in [5, 5.41) is 68.2. The van der Waals surface area contributed by atoms with E-state index in [0.29, 0.717) is 12.8 Å². The van der Waals surface area contributed by atoms with Gasteiger partial charge in [0.15, 0.2) is 11.1 Å². The summed E-state index contributed by atoms with van der Waals surface area (Å²) in [6, 6.07) is 4.14. The summed E-state index contributed by atoms with van der Waals surface area (Å²) < 4.78 is 0. The number of carboxylic acid groups (broad SMARTS) is 2. The molecule has 248 valence electrons. The highest BCUT2D eigenvalue weighted by molar-refractivity contribution is 5.79. The molecule has 0 fully saturated rings. The van der Waals surface area contributed by atoms with Gasteiger partial charge in [0.05, 0.1) is 34.3 Å². The Morgan fingerprint density at radius 1 is 0.636 bits per heavy atom. The quantitative estimate of drug-likeness (QED) is 0.163. The molecule has 0 amide bonds. The van der Waals surface area contributed by atoms with E-state index in [4.69, 9.17) is 15.3 Å². The van der Waals surface area contributed by atoms with Crippen LogP contribution in [0.3, 0.4) is 0 Å². The van der Waals surface area contributed by atoms with E-state index in [1.54, 1.807) is 13.8 Å². The third-order valence-electron chi connectivity index (χ3n) is 7.36. The van der Waals surface area contributed by atoms with Gasteiger partial charge in [-0.2, -0.15) is 41.2 Å². The maximum absolute atomic E-state index is 14.1. The third kappa shape index (κ3) is 11.3. The van der Waals surface area contributed by atoms with Gasteiger partial charge in [0.2, 0.25) is 0 Å². The minimum atomic E-state index is -1.90. The number of hydrogen-bond donors (Lipinski definition) is 2. The Labute approximate surface area is 264 Å². The molecule has 12 nitrogen and oxygen atoms in total. The molecule has 0 heterocycles. The van der Waals surface area contributed by atoms with Crippen LogP contribution in [0.15, 0.2) is 30.7 Å². The number of nitrogens with zero attached hydrogens (tertiary/aromatic N) is 8. The highest BCUT2D eigenvalue weighted by atomic mass is 16.4. The summed E-state index contributed by atoms with van der Waals surface area (Å²) in [5.41, 5.74) is -9.27. The van der Waals surface area contributed by atoms with E-state index in [9.17, 15) is 25.2 Å². The first kappa shape index (κ1) is 40.7. The lowest BCUT2D eigenvalue weighted by atomic mass is 9.52. The molecule has 44 heavy (non-hydrogen) atoms. The average Bonchev–Trinajstić information content (AvgIpc) is 2.85. The second-order valence-electron chi connectivity index (χ2n) is 15.7. The van der Waals surface area contributed by atoms with Gasteiger partial charge in [0, 0.05) is 12.8 Å². The fraction of sp³-hybridized carbons (Fsp3) is 0.875. The number of carboxylic acids is 2. The summed E-state index contributed by atoms with van der Waals surface area (Å²) in [6.45, 7) is 25.5. The molecule has 0 rings (SSSR count). The summed E-state index contributed by atoms with van der Waals surface area (Å²) >= 11 is 0. The Hall–Kier alpha value is -3.28. The van der Waals surface area contributed by atoms with Crippen LogP contribution in [0.4, 0.5) is 0 Å². The molecule has 0 aliphatic rings. The fourth-order valence-corrected chi connectivity index (χ4v) is 5.52. The minimum absolute atomic E-state index is 0.0200. The fourth-order valence-electron chi connectivity index (χ4n) is 5.52. The van der Waals surface area contributed by atoms with Crippen LogP contribution in [0, 0.1) is 39.9 Å². The van der Waals surface area contributed by atoms with Crippen molar-refractivity contribution in [3.8, 4) is 12.1 Å². The van der Waals surface area contributed by atoms with Crippen molar-refractivity contribution in [1.82, 2.24) is 0 Å². The zero-order valence-electron chi connectivity index (χ0n) is 29.5. The lowest BCUT2D eigenvalue weighted by Crippen LogP contribution is -2.65. The SMILES string of the molecule is CC(C)CC(C)(/N=N/C(C)(C)C)C(CC(C)(C#N)/N=N/C(C)(C#N)CCC(=O)O)(C(=O)O)C(C)(CC(C)C)/N=N/C(C)(C)C. The Balaban J connectivity index is 8.10. The van der Waals surface area contributed by atoms with Gasteiger partial charge in [-0.3, -0.25) is 9.59 Å². The predicted octanol–water partition coefficient (Wildman–Crippen LogP) is 8.44. The van der Waals surface area contributed by atoms with Gasteiger partial charge in [-0.15, -0.1) is 0 Å². The van der Waals surface area contributed by atoms with Crippen molar-refractivity contribution in [1.29, 1.82) is 10.5 Å². The van der Waals surface area contributed by atoms with E-state index in [1.165, 1.54) is 13.8 Å². The Kier molecular flexibility index (Phi) is 13.6. The van der Waals surface area contributed by atoms with Crippen LogP contribution in [-0.4, -0.2) is 55.4 Å². The highest BCUT2D eigenvalue weighted by Gasteiger charge is 2.68. The maximum atomic E-state index is 14.1. The minimum Gasteiger partial charge on any atom is -0.481 e. The molecular formula is C32H56N8O4. The largest absolute Gasteiger partial charge is 0.481 e. The van der Waals surface area contributed by atoms with E-state index in [1.807, 2.05) is 75.3 Å². The molecule has 0 aromatic carbocycles. The molecule has 0 radical (unpaired) electrons. The molecule has 0 aliphatic heterocycles. The van der Waals surface area contributed by atoms with Gasteiger partial charge in [-0.05, 0) is 100 Å². The van der Waals surface area contributed by atoms with Crippen molar-refractivity contribution in [3.63, 3.8) is 0 Å². The van der Waals surface area contributed by atoms with Crippen LogP contribution < -0.4 is 0 Å². The molecule has 0 aromatic rings. The Morgan fingerprint density at radius 2 is 1.00 bits per heavy atom. The van der Waals surface area contributed by atoms with Crippen LogP contribution in [0.1, 0.15) is 129 Å². The molecular weight excluding hydrogens is 560 g/mol. The Morgan fingerprint density at radius 3 is 1.27 bits per heavy atom. The summed E-state index contributed by atoms with van der Waals surface area (Å²) in [6.07, 6.45) is -0.252. The van der Waals surface area contributed by atoms with Gasteiger partial charge in [-0.25, -0.2) is 0 Å². The summed E-state index contributed by atoms with van der Waals surface area (Å²) in [4.78, 5) is 25.3. The molecule has 0 saturated carbocycles. The number of carbonyl (C=O) groups is 2. The molecule has 0 aromatic heterocycles. The number of nitriles is 2. The van der Waals surface area contributed by atoms with E-state index >= 15 is 0 Å². The van der Waals surface area contributed by atoms with Crippen molar-refractivity contribution in [2.45, 2.75) is 162 Å². The highest BCUT2D eigenvalue weighted by Crippen LogP contribution is 2.57. The number of azo groups is 3. The van der Waals surface area contributed by atoms with Crippen molar-refractivity contribution >= 4 is 11.9 Å². The molecule has 4 unspecified atom stereocenters. The van der Waals surface area contributed by atoms with Crippen LogP contribution in [-0.2, 0) is 9.59 Å². The lowest BCUT2D eigenvalue weighted by Gasteiger charge is -2.53. The first-order chi connectivity index (χ1) is 19.6. The summed E-state index contributed by atoms with van der Waals surface area (Å²) in [5.74, 6) is -2.37. The molecule has 0 spiro atoms. The molecule has 0 bridgehead atoms. The van der Waals surface area contributed by atoms with Gasteiger partial charge < -0.3 is 10.2 Å². The van der Waals surface area contributed by atoms with Crippen LogP contribution >= 0.6 is 0 Å². The second kappa shape index (κ2) is 14.7. The third-order valence-corrected chi connectivity index (χ3v) is 7.36. The van der Waals surface area contributed by atoms with E-state index < -0.39 is 50.6 Å². The standard InChI is InChI=1S/C32H56N8O4/c1-22(2)17-30(13,39-35-26(5,6)7)32(25(43)44,31(14,18-23(3)4)40-36-27(8,9)10)19-29(12,21-34)38-37-28(11,20-33)16-15-24(41)42/h22-23H,15-19H2,1-14H3,(H,41,42)(H,43,44)/b38-37+,39-35+,40-36+. The van der Waals surface area contributed by atoms with Gasteiger partial charge >= 0.3 is 11.9 Å². The first-order valence-corrected chi connectivity index (χ1v) is 15.2. The molecule has 4 atom stereocenters. The van der Waals surface area contributed by atoms with Crippen molar-refractivity contribution in [2.75, 3.05) is 0 Å². The van der Waals surface area contributed by atoms with Gasteiger partial charge in [-0.1, -0.05) is 27.7 Å². The number of rotatable bonds is 16. The van der Waals surface area contributed by atoms with Gasteiger partial charge in [0.1, 0.15) is 5.41 Å². The van der Waals surface area contributed by atoms with Crippen LogP contribution in [0.25, 0.3) is 0 Å². The number of hydrogen-bond acceptors (Lipinski definition) is 10. The normalized spacial score (nSPS) is 20.0. The van der Waals surface area contributed by atoms with E-state index in [0.717, 1.165) is 0 Å².